The van der Waals surface area contributed by atoms with Gasteiger partial charge in [0.15, 0.2) is 5.43 Å². The van der Waals surface area contributed by atoms with E-state index in [9.17, 15) is 9.59 Å². The van der Waals surface area contributed by atoms with Crippen LogP contribution in [0.5, 0.6) is 0 Å². The van der Waals surface area contributed by atoms with E-state index in [0.29, 0.717) is 28.5 Å². The van der Waals surface area contributed by atoms with Gasteiger partial charge < -0.3 is 9.15 Å². The molecular formula is C24H18O4. The second-order valence-electron chi connectivity index (χ2n) is 6.54. The molecule has 0 aliphatic rings. The maximum absolute atomic E-state index is 12.8. The van der Waals surface area contributed by atoms with E-state index in [1.165, 1.54) is 13.4 Å². The molecule has 0 fully saturated rings. The highest BCUT2D eigenvalue weighted by Crippen LogP contribution is 2.25. The van der Waals surface area contributed by atoms with Crippen LogP contribution in [-0.4, -0.2) is 13.1 Å². The summed E-state index contributed by atoms with van der Waals surface area (Å²) < 4.78 is 10.5. The van der Waals surface area contributed by atoms with Gasteiger partial charge in [0.2, 0.25) is 0 Å². The minimum atomic E-state index is -0.389. The van der Waals surface area contributed by atoms with Gasteiger partial charge >= 0.3 is 5.97 Å². The SMILES string of the molecule is COC(=O)c1cccc(-c2ccc3c(=O)c(Cc4ccccc4)coc3c2)c1. The Hall–Kier alpha value is -3.66. The molecule has 138 valence electrons. The van der Waals surface area contributed by atoms with Crippen LogP contribution in [0.15, 0.2) is 88.3 Å². The van der Waals surface area contributed by atoms with Crippen molar-refractivity contribution >= 4 is 16.9 Å². The molecular weight excluding hydrogens is 352 g/mol. The summed E-state index contributed by atoms with van der Waals surface area (Å²) in [5.41, 5.74) is 4.35. The van der Waals surface area contributed by atoms with Crippen LogP contribution in [0, 0.1) is 0 Å². The molecule has 0 saturated carbocycles. The molecule has 0 amide bonds. The topological polar surface area (TPSA) is 56.5 Å². The largest absolute Gasteiger partial charge is 0.465 e. The third-order valence-electron chi connectivity index (χ3n) is 4.70. The monoisotopic (exact) mass is 370 g/mol. The third kappa shape index (κ3) is 3.45. The smallest absolute Gasteiger partial charge is 0.337 e. The van der Waals surface area contributed by atoms with Crippen molar-refractivity contribution in [1.82, 2.24) is 0 Å². The van der Waals surface area contributed by atoms with Crippen molar-refractivity contribution in [3.05, 3.63) is 106 Å². The summed E-state index contributed by atoms with van der Waals surface area (Å²) in [6, 6.07) is 22.4. The highest BCUT2D eigenvalue weighted by molar-refractivity contribution is 5.91. The van der Waals surface area contributed by atoms with Gasteiger partial charge in [-0.05, 0) is 41.0 Å². The fourth-order valence-electron chi connectivity index (χ4n) is 3.23. The van der Waals surface area contributed by atoms with Crippen LogP contribution < -0.4 is 5.43 Å². The molecule has 0 saturated heterocycles. The number of ether oxygens (including phenoxy) is 1. The number of rotatable bonds is 4. The lowest BCUT2D eigenvalue weighted by atomic mass is 10.0. The van der Waals surface area contributed by atoms with Crippen molar-refractivity contribution in [1.29, 1.82) is 0 Å². The van der Waals surface area contributed by atoms with Crippen molar-refractivity contribution in [2.24, 2.45) is 0 Å². The summed E-state index contributed by atoms with van der Waals surface area (Å²) in [6.45, 7) is 0. The normalized spacial score (nSPS) is 10.8. The molecule has 4 heteroatoms. The number of carbonyl (C=O) groups excluding carboxylic acids is 1. The van der Waals surface area contributed by atoms with Crippen LogP contribution in [0.4, 0.5) is 0 Å². The summed E-state index contributed by atoms with van der Waals surface area (Å²) in [5.74, 6) is -0.389. The molecule has 28 heavy (non-hydrogen) atoms. The Balaban J connectivity index is 1.72. The summed E-state index contributed by atoms with van der Waals surface area (Å²) in [6.07, 6.45) is 2.06. The Morgan fingerprint density at radius 2 is 1.71 bits per heavy atom. The van der Waals surface area contributed by atoms with Gasteiger partial charge in [0.1, 0.15) is 5.58 Å². The van der Waals surface area contributed by atoms with Crippen LogP contribution in [0.1, 0.15) is 21.5 Å². The highest BCUT2D eigenvalue weighted by atomic mass is 16.5. The standard InChI is InChI=1S/C24H18O4/c1-27-24(26)19-9-5-8-17(13-19)18-10-11-21-22(14-18)28-15-20(23(21)25)12-16-6-3-2-4-7-16/h2-11,13-15H,12H2,1H3. The zero-order valence-corrected chi connectivity index (χ0v) is 15.3. The van der Waals surface area contributed by atoms with Gasteiger partial charge in [0.05, 0.1) is 24.3 Å². The van der Waals surface area contributed by atoms with E-state index in [4.69, 9.17) is 9.15 Å². The number of esters is 1. The fraction of sp³-hybridized carbons (Fsp3) is 0.0833. The van der Waals surface area contributed by atoms with Gasteiger partial charge in [-0.2, -0.15) is 0 Å². The number of methoxy groups -OCH3 is 1. The van der Waals surface area contributed by atoms with E-state index in [0.717, 1.165) is 16.7 Å². The summed E-state index contributed by atoms with van der Waals surface area (Å²) >= 11 is 0. The van der Waals surface area contributed by atoms with E-state index >= 15 is 0 Å². The Kier molecular flexibility index (Phi) is 4.77. The van der Waals surface area contributed by atoms with Crippen molar-refractivity contribution in [2.45, 2.75) is 6.42 Å². The Bertz CT molecular complexity index is 1210. The van der Waals surface area contributed by atoms with Crippen LogP contribution in [0.25, 0.3) is 22.1 Å². The van der Waals surface area contributed by atoms with E-state index in [1.807, 2.05) is 48.5 Å². The van der Waals surface area contributed by atoms with E-state index < -0.39 is 0 Å². The molecule has 3 aromatic carbocycles. The molecule has 0 aliphatic carbocycles. The fourth-order valence-corrected chi connectivity index (χ4v) is 3.23. The molecule has 1 heterocycles. The van der Waals surface area contributed by atoms with Crippen molar-refractivity contribution < 1.29 is 13.9 Å². The third-order valence-corrected chi connectivity index (χ3v) is 4.70. The minimum Gasteiger partial charge on any atom is -0.465 e. The zero-order valence-electron chi connectivity index (χ0n) is 15.3. The molecule has 4 nitrogen and oxygen atoms in total. The summed E-state index contributed by atoms with van der Waals surface area (Å²) in [4.78, 5) is 24.6. The average Bonchev–Trinajstić information content (AvgIpc) is 2.76. The van der Waals surface area contributed by atoms with Gasteiger partial charge in [-0.3, -0.25) is 4.79 Å². The molecule has 0 N–H and O–H groups in total. The molecule has 4 aromatic rings. The molecule has 0 aliphatic heterocycles. The summed E-state index contributed by atoms with van der Waals surface area (Å²) in [7, 11) is 1.35. The Morgan fingerprint density at radius 3 is 2.50 bits per heavy atom. The zero-order chi connectivity index (χ0) is 19.5. The van der Waals surface area contributed by atoms with Crippen LogP contribution in [0.3, 0.4) is 0 Å². The van der Waals surface area contributed by atoms with Gasteiger partial charge in [-0.15, -0.1) is 0 Å². The molecule has 1 aromatic heterocycles. The maximum atomic E-state index is 12.8. The van der Waals surface area contributed by atoms with E-state index in [1.54, 1.807) is 24.3 Å². The Labute approximate surface area is 162 Å². The number of carbonyl (C=O) groups is 1. The minimum absolute atomic E-state index is 0.0278. The lowest BCUT2D eigenvalue weighted by Gasteiger charge is -2.07. The lowest BCUT2D eigenvalue weighted by Crippen LogP contribution is -2.09. The predicted octanol–water partition coefficient (Wildman–Crippen LogP) is 4.84. The van der Waals surface area contributed by atoms with E-state index in [-0.39, 0.29) is 11.4 Å². The molecule has 4 rings (SSSR count). The first-order valence-corrected chi connectivity index (χ1v) is 8.93. The van der Waals surface area contributed by atoms with Crippen molar-refractivity contribution in [2.75, 3.05) is 7.11 Å². The average molecular weight is 370 g/mol. The van der Waals surface area contributed by atoms with Crippen molar-refractivity contribution in [3.63, 3.8) is 0 Å². The summed E-state index contributed by atoms with van der Waals surface area (Å²) in [5, 5.41) is 0.543. The highest BCUT2D eigenvalue weighted by Gasteiger charge is 2.11. The molecule has 0 atom stereocenters. The number of hydrogen-bond donors (Lipinski definition) is 0. The quantitative estimate of drug-likeness (QED) is 0.483. The molecule has 0 unspecified atom stereocenters. The maximum Gasteiger partial charge on any atom is 0.337 e. The van der Waals surface area contributed by atoms with E-state index in [2.05, 4.69) is 0 Å². The first kappa shape index (κ1) is 17.7. The van der Waals surface area contributed by atoms with Crippen LogP contribution in [-0.2, 0) is 11.2 Å². The first-order chi connectivity index (χ1) is 13.7. The second-order valence-corrected chi connectivity index (χ2v) is 6.54. The molecule has 0 spiro atoms. The van der Waals surface area contributed by atoms with Crippen LogP contribution in [0.2, 0.25) is 0 Å². The van der Waals surface area contributed by atoms with Gasteiger partial charge in [-0.25, -0.2) is 4.79 Å². The lowest BCUT2D eigenvalue weighted by molar-refractivity contribution is 0.0601. The van der Waals surface area contributed by atoms with Crippen LogP contribution >= 0.6 is 0 Å². The Morgan fingerprint density at radius 1 is 0.929 bits per heavy atom. The van der Waals surface area contributed by atoms with Gasteiger partial charge in [0, 0.05) is 12.0 Å². The molecule has 0 radical (unpaired) electrons. The molecule has 0 bridgehead atoms. The second kappa shape index (κ2) is 7.53. The van der Waals surface area contributed by atoms with Crippen molar-refractivity contribution in [3.8, 4) is 11.1 Å². The van der Waals surface area contributed by atoms with Gasteiger partial charge in [-0.1, -0.05) is 48.5 Å². The first-order valence-electron chi connectivity index (χ1n) is 8.93. The number of fused-ring (bicyclic) bond motifs is 1. The number of benzene rings is 3. The predicted molar refractivity (Wildman–Crippen MR) is 109 cm³/mol. The van der Waals surface area contributed by atoms with Gasteiger partial charge in [0.25, 0.3) is 0 Å². The number of hydrogen-bond acceptors (Lipinski definition) is 4.